The molecule has 1 saturated heterocycles. The van der Waals surface area contributed by atoms with E-state index in [1.54, 1.807) is 30.5 Å². The molecular weight excluding hydrogens is 348 g/mol. The Labute approximate surface area is 154 Å². The lowest BCUT2D eigenvalue weighted by molar-refractivity contribution is 0.465. The van der Waals surface area contributed by atoms with Crippen LogP contribution in [0.15, 0.2) is 30.7 Å². The molecule has 1 aliphatic carbocycles. The molecule has 0 spiro atoms. The zero-order valence-corrected chi connectivity index (χ0v) is 16.0. The van der Waals surface area contributed by atoms with Crippen LogP contribution in [0, 0.1) is 0 Å². The van der Waals surface area contributed by atoms with Crippen LogP contribution in [0.5, 0.6) is 0 Å². The van der Waals surface area contributed by atoms with Crippen molar-refractivity contribution in [3.63, 3.8) is 0 Å². The van der Waals surface area contributed by atoms with Crippen molar-refractivity contribution in [2.75, 3.05) is 13.1 Å². The minimum absolute atomic E-state index is 0.104. The van der Waals surface area contributed by atoms with Crippen molar-refractivity contribution in [2.45, 2.75) is 50.2 Å². The lowest BCUT2D eigenvalue weighted by Gasteiger charge is -2.20. The topological polar surface area (TPSA) is 76.1 Å². The molecule has 4 rings (SSSR count). The second kappa shape index (κ2) is 6.70. The van der Waals surface area contributed by atoms with Crippen LogP contribution in [0.25, 0.3) is 11.1 Å². The van der Waals surface area contributed by atoms with E-state index < -0.39 is 15.3 Å². The quantitative estimate of drug-likeness (QED) is 0.806. The summed E-state index contributed by atoms with van der Waals surface area (Å²) in [5.41, 5.74) is 3.00. The van der Waals surface area contributed by atoms with E-state index in [9.17, 15) is 8.42 Å². The van der Waals surface area contributed by atoms with Crippen molar-refractivity contribution >= 4 is 10.0 Å². The molecule has 2 aromatic heterocycles. The summed E-state index contributed by atoms with van der Waals surface area (Å²) in [6.45, 7) is 4.53. The number of nitrogens with zero attached hydrogens (tertiary/aromatic N) is 4. The molecule has 0 unspecified atom stereocenters. The Morgan fingerprint density at radius 3 is 2.50 bits per heavy atom. The van der Waals surface area contributed by atoms with Gasteiger partial charge in [0.05, 0.1) is 10.9 Å². The maximum atomic E-state index is 12.5. The van der Waals surface area contributed by atoms with E-state index in [-0.39, 0.29) is 5.92 Å². The van der Waals surface area contributed by atoms with Crippen LogP contribution in [0.4, 0.5) is 0 Å². The molecule has 1 atom stereocenters. The molecule has 2 aliphatic rings. The summed E-state index contributed by atoms with van der Waals surface area (Å²) >= 11 is 0. The van der Waals surface area contributed by atoms with Gasteiger partial charge in [0, 0.05) is 49.1 Å². The Hall–Kier alpha value is -1.86. The van der Waals surface area contributed by atoms with Gasteiger partial charge in [-0.05, 0) is 50.8 Å². The summed E-state index contributed by atoms with van der Waals surface area (Å²) < 4.78 is 26.7. The minimum Gasteiger partial charge on any atom is -0.265 e. The first kappa shape index (κ1) is 17.5. The SMILES string of the molecule is CC(C)S(=O)(=O)N1CC[C@@H](c2nc(C3CC3)ncc2-c2ccncc2)C1. The molecule has 0 bridgehead atoms. The monoisotopic (exact) mass is 372 g/mol. The van der Waals surface area contributed by atoms with Crippen molar-refractivity contribution in [2.24, 2.45) is 0 Å². The van der Waals surface area contributed by atoms with Gasteiger partial charge in [-0.2, -0.15) is 0 Å². The first-order valence-corrected chi connectivity index (χ1v) is 10.7. The molecule has 1 aliphatic heterocycles. The molecule has 0 N–H and O–H groups in total. The highest BCUT2D eigenvalue weighted by Gasteiger charge is 2.36. The maximum absolute atomic E-state index is 12.5. The molecule has 2 aromatic rings. The van der Waals surface area contributed by atoms with E-state index in [0.29, 0.717) is 19.0 Å². The summed E-state index contributed by atoms with van der Waals surface area (Å²) in [5, 5.41) is -0.395. The summed E-state index contributed by atoms with van der Waals surface area (Å²) in [4.78, 5) is 13.6. The van der Waals surface area contributed by atoms with Crippen LogP contribution < -0.4 is 0 Å². The Bertz CT molecular complexity index is 895. The number of sulfonamides is 1. The number of hydrogen-bond acceptors (Lipinski definition) is 5. The highest BCUT2D eigenvalue weighted by atomic mass is 32.2. The Balaban J connectivity index is 1.70. The average Bonchev–Trinajstić information content (AvgIpc) is 3.37. The summed E-state index contributed by atoms with van der Waals surface area (Å²) in [6, 6.07) is 3.91. The highest BCUT2D eigenvalue weighted by molar-refractivity contribution is 7.89. The van der Waals surface area contributed by atoms with Gasteiger partial charge >= 0.3 is 0 Å². The summed E-state index contributed by atoms with van der Waals surface area (Å²) in [5.74, 6) is 1.48. The lowest BCUT2D eigenvalue weighted by atomic mass is 9.96. The van der Waals surface area contributed by atoms with Crippen LogP contribution in [0.3, 0.4) is 0 Å². The highest BCUT2D eigenvalue weighted by Crippen LogP contribution is 2.40. The number of aromatic nitrogens is 3. The van der Waals surface area contributed by atoms with Gasteiger partial charge in [0.15, 0.2) is 0 Å². The van der Waals surface area contributed by atoms with Crippen LogP contribution in [0.2, 0.25) is 0 Å². The Kier molecular flexibility index (Phi) is 4.52. The van der Waals surface area contributed by atoms with E-state index in [1.807, 2.05) is 18.3 Å². The molecule has 1 saturated carbocycles. The third-order valence-corrected chi connectivity index (χ3v) is 7.51. The standard InChI is InChI=1S/C19H24N4O2S/c1-13(2)26(24,25)23-10-7-16(12-23)18-17(14-5-8-20-9-6-14)11-21-19(22-18)15-3-4-15/h5-6,8-9,11,13,15-16H,3-4,7,10,12H2,1-2H3/t16-/m1/s1. The molecule has 138 valence electrons. The van der Waals surface area contributed by atoms with Crippen LogP contribution >= 0.6 is 0 Å². The smallest absolute Gasteiger partial charge is 0.216 e. The van der Waals surface area contributed by atoms with Gasteiger partial charge < -0.3 is 0 Å². The molecule has 0 aromatic carbocycles. The largest absolute Gasteiger partial charge is 0.265 e. The van der Waals surface area contributed by atoms with Crippen molar-refractivity contribution in [3.05, 3.63) is 42.2 Å². The van der Waals surface area contributed by atoms with Crippen molar-refractivity contribution in [3.8, 4) is 11.1 Å². The number of rotatable bonds is 5. The van der Waals surface area contributed by atoms with Gasteiger partial charge in [-0.3, -0.25) is 4.98 Å². The normalized spacial score (nSPS) is 21.4. The second-order valence-electron chi connectivity index (χ2n) is 7.47. The Morgan fingerprint density at radius 2 is 1.85 bits per heavy atom. The molecular formula is C19H24N4O2S. The fourth-order valence-electron chi connectivity index (χ4n) is 3.49. The van der Waals surface area contributed by atoms with E-state index in [4.69, 9.17) is 4.98 Å². The van der Waals surface area contributed by atoms with Crippen molar-refractivity contribution in [1.82, 2.24) is 19.3 Å². The van der Waals surface area contributed by atoms with Gasteiger partial charge in [-0.1, -0.05) is 0 Å². The average molecular weight is 372 g/mol. The third kappa shape index (κ3) is 3.25. The first-order chi connectivity index (χ1) is 12.5. The van der Waals surface area contributed by atoms with E-state index in [2.05, 4.69) is 9.97 Å². The van der Waals surface area contributed by atoms with Gasteiger partial charge in [-0.15, -0.1) is 0 Å². The van der Waals surface area contributed by atoms with E-state index in [1.165, 1.54) is 0 Å². The maximum Gasteiger partial charge on any atom is 0.216 e. The van der Waals surface area contributed by atoms with Gasteiger partial charge in [0.25, 0.3) is 0 Å². The molecule has 3 heterocycles. The first-order valence-electron chi connectivity index (χ1n) is 9.23. The summed E-state index contributed by atoms with van der Waals surface area (Å²) in [6.07, 6.45) is 8.52. The van der Waals surface area contributed by atoms with Gasteiger partial charge in [-0.25, -0.2) is 22.7 Å². The van der Waals surface area contributed by atoms with Crippen molar-refractivity contribution in [1.29, 1.82) is 0 Å². The predicted octanol–water partition coefficient (Wildman–Crippen LogP) is 2.94. The predicted molar refractivity (Wildman–Crippen MR) is 100 cm³/mol. The lowest BCUT2D eigenvalue weighted by Crippen LogP contribution is -2.34. The molecule has 7 heteroatoms. The summed E-state index contributed by atoms with van der Waals surface area (Å²) in [7, 11) is -3.23. The van der Waals surface area contributed by atoms with Crippen LogP contribution in [-0.2, 0) is 10.0 Å². The van der Waals surface area contributed by atoms with Crippen molar-refractivity contribution < 1.29 is 8.42 Å². The zero-order chi connectivity index (χ0) is 18.3. The van der Waals surface area contributed by atoms with Gasteiger partial charge in [0.2, 0.25) is 10.0 Å². The number of pyridine rings is 1. The molecule has 2 fully saturated rings. The van der Waals surface area contributed by atoms with E-state index in [0.717, 1.165) is 41.9 Å². The van der Waals surface area contributed by atoms with Crippen LogP contribution in [0.1, 0.15) is 56.5 Å². The zero-order valence-electron chi connectivity index (χ0n) is 15.2. The minimum atomic E-state index is -3.23. The molecule has 0 radical (unpaired) electrons. The fourth-order valence-corrected chi connectivity index (χ4v) is 4.84. The third-order valence-electron chi connectivity index (χ3n) is 5.26. The second-order valence-corrected chi connectivity index (χ2v) is 9.96. The molecule has 0 amide bonds. The van der Waals surface area contributed by atoms with Gasteiger partial charge in [0.1, 0.15) is 5.82 Å². The molecule has 6 nitrogen and oxygen atoms in total. The number of hydrogen-bond donors (Lipinski definition) is 0. The molecule has 26 heavy (non-hydrogen) atoms. The Morgan fingerprint density at radius 1 is 1.12 bits per heavy atom. The van der Waals surface area contributed by atoms with E-state index >= 15 is 0 Å². The fraction of sp³-hybridized carbons (Fsp3) is 0.526. The van der Waals surface area contributed by atoms with Crippen LogP contribution in [-0.4, -0.2) is 46.0 Å².